The quantitative estimate of drug-likeness (QED) is 0.532. The minimum Gasteiger partial charge on any atom is -0.368 e. The number of nitrogens with one attached hydrogen (secondary N) is 1. The van der Waals surface area contributed by atoms with Gasteiger partial charge in [0.1, 0.15) is 18.5 Å². The second-order valence-electron chi connectivity index (χ2n) is 9.19. The molecule has 202 valence electrons. The molecule has 2 fully saturated rings. The first kappa shape index (κ1) is 28.2. The highest BCUT2D eigenvalue weighted by atomic mass is 35.5. The molecule has 0 aromatic heterocycles. The van der Waals surface area contributed by atoms with E-state index in [1.165, 1.54) is 23.1 Å². The highest BCUT2D eigenvalue weighted by molar-refractivity contribution is 7.93. The predicted molar refractivity (Wildman–Crippen MR) is 133 cm³/mol. The molecule has 3 atom stereocenters. The van der Waals surface area contributed by atoms with Gasteiger partial charge in [-0.05, 0) is 49.7 Å². The first-order valence-electron chi connectivity index (χ1n) is 11.3. The number of nitrogens with two attached hydrogens (primary N) is 1. The van der Waals surface area contributed by atoms with E-state index in [4.69, 9.17) is 28.9 Å². The number of sulfone groups is 1. The molecular formula is C24H22Cl2F2N4O5S. The fraction of sp³-hybridized carbons (Fsp3) is 0.333. The molecule has 3 unspecified atom stereocenters. The Balaban J connectivity index is 1.96. The van der Waals surface area contributed by atoms with Gasteiger partial charge in [-0.25, -0.2) is 17.2 Å². The summed E-state index contributed by atoms with van der Waals surface area (Å²) in [7, 11) is -4.73. The average molecular weight is 587 g/mol. The number of fused-ring (bicyclic) bond motifs is 1. The Morgan fingerprint density at radius 2 is 1.87 bits per heavy atom. The lowest BCUT2D eigenvalue weighted by Gasteiger charge is -2.56. The number of amides is 3. The Bertz CT molecular complexity index is 1440. The molecule has 2 aromatic carbocycles. The molecule has 4 rings (SSSR count). The SMILES string of the molecule is CC(C)N1CC2(S(=O)(=O)c3ccc(Cl)cc3Cl)NC(C(N)=O)[C]C(=O)N2C(Cc2ccc(F)c(F)c2)C1=O. The average Bonchev–Trinajstić information content (AvgIpc) is 2.82. The first-order valence-corrected chi connectivity index (χ1v) is 13.5. The van der Waals surface area contributed by atoms with E-state index < -0.39 is 73.8 Å². The van der Waals surface area contributed by atoms with Crippen molar-refractivity contribution >= 4 is 50.8 Å². The molecular weight excluding hydrogens is 565 g/mol. The summed E-state index contributed by atoms with van der Waals surface area (Å²) in [6.07, 6.45) is 1.89. The number of carbonyl (C=O) groups excluding carboxylic acids is 3. The van der Waals surface area contributed by atoms with Crippen LogP contribution in [-0.2, 0) is 30.6 Å². The Morgan fingerprint density at radius 3 is 2.45 bits per heavy atom. The summed E-state index contributed by atoms with van der Waals surface area (Å²) >= 11 is 12.2. The van der Waals surface area contributed by atoms with Crippen LogP contribution in [0, 0.1) is 18.1 Å². The van der Waals surface area contributed by atoms with Crippen LogP contribution in [-0.4, -0.2) is 65.6 Å². The monoisotopic (exact) mass is 586 g/mol. The van der Waals surface area contributed by atoms with Gasteiger partial charge in [0, 0.05) is 17.5 Å². The van der Waals surface area contributed by atoms with E-state index in [9.17, 15) is 31.6 Å². The molecule has 0 spiro atoms. The summed E-state index contributed by atoms with van der Waals surface area (Å²) in [4.78, 5) is 38.3. The Kier molecular flexibility index (Phi) is 7.47. The highest BCUT2D eigenvalue weighted by Gasteiger charge is 2.64. The zero-order chi connectivity index (χ0) is 28.2. The second kappa shape index (κ2) is 10.1. The summed E-state index contributed by atoms with van der Waals surface area (Å²) in [6, 6.07) is 2.82. The van der Waals surface area contributed by atoms with Crippen LogP contribution >= 0.6 is 23.2 Å². The Labute approximate surface area is 227 Å². The molecule has 3 N–H and O–H groups in total. The van der Waals surface area contributed by atoms with Crippen LogP contribution in [0.1, 0.15) is 19.4 Å². The van der Waals surface area contributed by atoms with Crippen molar-refractivity contribution in [3.63, 3.8) is 0 Å². The molecule has 2 heterocycles. The zero-order valence-corrected chi connectivity index (χ0v) is 22.4. The van der Waals surface area contributed by atoms with Crippen LogP contribution < -0.4 is 11.1 Å². The van der Waals surface area contributed by atoms with Gasteiger partial charge < -0.3 is 10.6 Å². The van der Waals surface area contributed by atoms with Crippen molar-refractivity contribution in [2.24, 2.45) is 5.73 Å². The van der Waals surface area contributed by atoms with Crippen LogP contribution in [0.25, 0.3) is 0 Å². The van der Waals surface area contributed by atoms with Crippen molar-refractivity contribution in [1.29, 1.82) is 0 Å². The molecule has 2 aliphatic heterocycles. The van der Waals surface area contributed by atoms with Crippen LogP contribution in [0.15, 0.2) is 41.3 Å². The fourth-order valence-electron chi connectivity index (χ4n) is 4.63. The molecule has 2 aromatic rings. The van der Waals surface area contributed by atoms with E-state index in [2.05, 4.69) is 11.7 Å². The molecule has 0 saturated carbocycles. The lowest BCUT2D eigenvalue weighted by atomic mass is 9.95. The number of rotatable bonds is 6. The topological polar surface area (TPSA) is 130 Å². The van der Waals surface area contributed by atoms with Gasteiger partial charge in [-0.15, -0.1) is 0 Å². The van der Waals surface area contributed by atoms with Crippen molar-refractivity contribution in [3.8, 4) is 0 Å². The number of benzene rings is 2. The van der Waals surface area contributed by atoms with Crippen molar-refractivity contribution in [2.75, 3.05) is 6.54 Å². The van der Waals surface area contributed by atoms with E-state index >= 15 is 0 Å². The second-order valence-corrected chi connectivity index (χ2v) is 12.2. The third kappa shape index (κ3) is 4.63. The summed E-state index contributed by atoms with van der Waals surface area (Å²) in [5.74, 6) is -5.13. The highest BCUT2D eigenvalue weighted by Crippen LogP contribution is 2.41. The van der Waals surface area contributed by atoms with Crippen molar-refractivity contribution in [1.82, 2.24) is 15.1 Å². The molecule has 38 heavy (non-hydrogen) atoms. The summed E-state index contributed by atoms with van der Waals surface area (Å²) in [6.45, 7) is 2.66. The summed E-state index contributed by atoms with van der Waals surface area (Å²) in [5.41, 5.74) is 5.54. The van der Waals surface area contributed by atoms with Gasteiger partial charge in [0.2, 0.25) is 32.6 Å². The van der Waals surface area contributed by atoms with Gasteiger partial charge in [0.25, 0.3) is 0 Å². The van der Waals surface area contributed by atoms with Gasteiger partial charge >= 0.3 is 0 Å². The number of hydrogen-bond donors (Lipinski definition) is 2. The first-order chi connectivity index (χ1) is 17.7. The molecule has 3 amide bonds. The van der Waals surface area contributed by atoms with Crippen molar-refractivity contribution in [3.05, 3.63) is 70.1 Å². The van der Waals surface area contributed by atoms with Gasteiger partial charge in [0.15, 0.2) is 11.6 Å². The predicted octanol–water partition coefficient (Wildman–Crippen LogP) is 1.93. The van der Waals surface area contributed by atoms with E-state index in [1.54, 1.807) is 13.8 Å². The van der Waals surface area contributed by atoms with Crippen LogP contribution in [0.4, 0.5) is 8.78 Å². The van der Waals surface area contributed by atoms with E-state index in [1.807, 2.05) is 0 Å². The minimum atomic E-state index is -4.73. The van der Waals surface area contributed by atoms with Gasteiger partial charge in [0.05, 0.1) is 16.5 Å². The number of hydrogen-bond acceptors (Lipinski definition) is 6. The van der Waals surface area contributed by atoms with Gasteiger partial charge in [-0.3, -0.25) is 24.6 Å². The lowest BCUT2D eigenvalue weighted by Crippen LogP contribution is -2.83. The lowest BCUT2D eigenvalue weighted by molar-refractivity contribution is -0.164. The number of primary amides is 1. The maximum Gasteiger partial charge on any atom is 0.246 e. The normalized spacial score (nSPS) is 24.1. The van der Waals surface area contributed by atoms with E-state index in [-0.39, 0.29) is 22.0 Å². The van der Waals surface area contributed by atoms with Crippen LogP contribution in [0.2, 0.25) is 10.0 Å². The zero-order valence-electron chi connectivity index (χ0n) is 20.0. The third-order valence-electron chi connectivity index (χ3n) is 6.46. The Morgan fingerprint density at radius 1 is 1.18 bits per heavy atom. The summed E-state index contributed by atoms with van der Waals surface area (Å²) < 4.78 is 56.3. The molecule has 2 saturated heterocycles. The molecule has 2 radical (unpaired) electrons. The molecule has 2 aliphatic rings. The molecule has 9 nitrogen and oxygen atoms in total. The number of piperazine rings is 1. The molecule has 0 bridgehead atoms. The van der Waals surface area contributed by atoms with Crippen LogP contribution in [0.3, 0.4) is 0 Å². The van der Waals surface area contributed by atoms with Crippen molar-refractivity contribution < 1.29 is 31.6 Å². The maximum atomic E-state index is 14.3. The Hall–Kier alpha value is -2.80. The van der Waals surface area contributed by atoms with Crippen molar-refractivity contribution in [2.45, 2.75) is 48.3 Å². The van der Waals surface area contributed by atoms with Gasteiger partial charge in [-0.2, -0.15) is 0 Å². The molecule has 0 aliphatic carbocycles. The number of nitrogens with zero attached hydrogens (tertiary/aromatic N) is 2. The van der Waals surface area contributed by atoms with E-state index in [0.717, 1.165) is 23.1 Å². The third-order valence-corrected chi connectivity index (χ3v) is 9.39. The fourth-order valence-corrected chi connectivity index (χ4v) is 7.32. The minimum absolute atomic E-state index is 0.119. The number of carbonyl (C=O) groups is 3. The molecule has 14 heteroatoms. The smallest absolute Gasteiger partial charge is 0.246 e. The van der Waals surface area contributed by atoms with E-state index in [0.29, 0.717) is 0 Å². The largest absolute Gasteiger partial charge is 0.368 e. The van der Waals surface area contributed by atoms with Gasteiger partial charge in [-0.1, -0.05) is 29.3 Å². The van der Waals surface area contributed by atoms with Crippen LogP contribution in [0.5, 0.6) is 0 Å². The maximum absolute atomic E-state index is 14.3. The number of halogens is 4. The summed E-state index contributed by atoms with van der Waals surface area (Å²) in [5, 5.41) is 2.51. The standard InChI is InChI=1S/C24H22Cl2F2N4O5S/c1-12(2)31-11-24(38(36,37)20-6-4-14(25)9-15(20)26)30-18(22(29)34)10-21(33)32(24)19(23(31)35)8-13-3-5-16(27)17(28)7-13/h3-7,9,12,18-19,30H,8,11H2,1-2H3,(H2,29,34).